The first-order valence-corrected chi connectivity index (χ1v) is 20.7. The molecule has 8 heteroatoms. The van der Waals surface area contributed by atoms with Gasteiger partial charge in [0.2, 0.25) is 0 Å². The van der Waals surface area contributed by atoms with Gasteiger partial charge in [0.25, 0.3) is 0 Å². The van der Waals surface area contributed by atoms with Gasteiger partial charge < -0.3 is 20.4 Å². The second-order valence-electron chi connectivity index (χ2n) is 13.9. The summed E-state index contributed by atoms with van der Waals surface area (Å²) in [7, 11) is 0. The molecule has 0 rings (SSSR count). The van der Waals surface area contributed by atoms with Crippen molar-refractivity contribution in [2.45, 2.75) is 239 Å². The molecule has 4 N–H and O–H groups in total. The molecule has 0 unspecified atom stereocenters. The fourth-order valence-corrected chi connectivity index (χ4v) is 5.54. The van der Waals surface area contributed by atoms with Crippen LogP contribution in [0.4, 0.5) is 0 Å². The van der Waals surface area contributed by atoms with E-state index in [0.717, 1.165) is 77.0 Å². The number of carboxylic acids is 3. The number of hydrogen-bond donors (Lipinski definition) is 4. The van der Waals surface area contributed by atoms with Crippen LogP contribution in [0.15, 0.2) is 12.2 Å². The van der Waals surface area contributed by atoms with Crippen LogP contribution in [0.3, 0.4) is 0 Å². The van der Waals surface area contributed by atoms with Crippen LogP contribution < -0.4 is 0 Å². The summed E-state index contributed by atoms with van der Waals surface area (Å²) in [5.74, 6) is -2.01. The molecule has 0 aliphatic rings. The van der Waals surface area contributed by atoms with E-state index in [0.29, 0.717) is 19.3 Å². The molecule has 0 saturated carbocycles. The summed E-state index contributed by atoms with van der Waals surface area (Å²) in [6.45, 7) is 6.66. The molecule has 0 bridgehead atoms. The maximum absolute atomic E-state index is 10.3. The van der Waals surface area contributed by atoms with Crippen LogP contribution >= 0.6 is 0 Å². The Kier molecular flexibility index (Phi) is 57.3. The average Bonchev–Trinajstić information content (AvgIpc) is 3.06. The van der Waals surface area contributed by atoms with Crippen molar-refractivity contribution < 1.29 is 34.8 Å². The number of carbonyl (C=O) groups is 3. The van der Waals surface area contributed by atoms with Gasteiger partial charge in [-0.15, -0.1) is 0 Å². The Labute approximate surface area is 349 Å². The molecule has 0 aromatic carbocycles. The number of aliphatic carboxylic acids is 3. The number of allylic oxidation sites excluding steroid dienone is 1. The molecule has 1 atom stereocenters. The molecule has 0 aromatic rings. The van der Waals surface area contributed by atoms with E-state index in [2.05, 4.69) is 32.9 Å². The van der Waals surface area contributed by atoms with Crippen molar-refractivity contribution in [1.82, 2.24) is 0 Å². The zero-order valence-corrected chi connectivity index (χ0v) is 32.6. The standard InChI is InChI=1S/C18H34O3.2C12H24O2.Ba.2H/c1-2-3-4-11-14-17(19)15-12-9-7-5-6-8-10-13-16-18(20)21;2*1-2-3-4-5-6-7-8-9-10-11-12(13)14;;;/h9,12,17,19H,2-8,10-11,13-16H2,1H3,(H,20,21);2*2-11H2,1H3,(H,13,14);;;/b12-9-;;;;;/t17-;;;;;/m1...../s1. The van der Waals surface area contributed by atoms with Crippen LogP contribution in [0.5, 0.6) is 0 Å². The van der Waals surface area contributed by atoms with Crippen molar-refractivity contribution in [2.75, 3.05) is 0 Å². The minimum absolute atomic E-state index is 0. The molecule has 0 saturated heterocycles. The van der Waals surface area contributed by atoms with Gasteiger partial charge in [0, 0.05) is 19.3 Å². The Morgan fingerprint density at radius 3 is 1.02 bits per heavy atom. The number of aliphatic hydroxyl groups is 1. The second kappa shape index (κ2) is 50.8. The van der Waals surface area contributed by atoms with Gasteiger partial charge in [-0.25, -0.2) is 0 Å². The van der Waals surface area contributed by atoms with Crippen LogP contribution in [-0.2, 0) is 14.4 Å². The van der Waals surface area contributed by atoms with E-state index in [1.165, 1.54) is 116 Å². The summed E-state index contributed by atoms with van der Waals surface area (Å²) >= 11 is 0. The first-order chi connectivity index (χ1) is 23.7. The Balaban J connectivity index is -0.000000325. The molecule has 296 valence electrons. The quantitative estimate of drug-likeness (QED) is 0.0284. The van der Waals surface area contributed by atoms with E-state index in [1.54, 1.807) is 0 Å². The molecule has 0 aliphatic heterocycles. The number of rotatable bonds is 35. The van der Waals surface area contributed by atoms with Crippen molar-refractivity contribution >= 4 is 66.8 Å². The van der Waals surface area contributed by atoms with Crippen LogP contribution in [0.2, 0.25) is 0 Å². The van der Waals surface area contributed by atoms with Gasteiger partial charge in [-0.3, -0.25) is 14.4 Å². The molecular formula is C42H84BaO7. The van der Waals surface area contributed by atoms with Gasteiger partial charge in [0.1, 0.15) is 0 Å². The summed E-state index contributed by atoms with van der Waals surface area (Å²) in [6, 6.07) is 0. The van der Waals surface area contributed by atoms with Crippen LogP contribution in [0.1, 0.15) is 233 Å². The maximum atomic E-state index is 10.3. The monoisotopic (exact) mass is 839 g/mol. The van der Waals surface area contributed by atoms with E-state index in [4.69, 9.17) is 15.3 Å². The van der Waals surface area contributed by atoms with Crippen LogP contribution in [0, 0.1) is 0 Å². The Morgan fingerprint density at radius 1 is 0.420 bits per heavy atom. The molecule has 0 heterocycles. The van der Waals surface area contributed by atoms with E-state index < -0.39 is 17.9 Å². The first-order valence-electron chi connectivity index (χ1n) is 20.7. The third-order valence-corrected chi connectivity index (χ3v) is 8.72. The SMILES string of the molecule is CCCCCCCCCCCC(=O)O.CCCCCCCCCCCC(=O)O.CCCCCC[C@@H](O)C/C=C\CCCCCCCC(=O)O.[BaH2]. The normalized spacial score (nSPS) is 11.2. The van der Waals surface area contributed by atoms with Crippen molar-refractivity contribution in [3.8, 4) is 0 Å². The Bertz CT molecular complexity index is 682. The van der Waals surface area contributed by atoms with Crippen molar-refractivity contribution in [3.05, 3.63) is 12.2 Å². The number of hydrogen-bond acceptors (Lipinski definition) is 4. The third kappa shape index (κ3) is 62.8. The van der Waals surface area contributed by atoms with E-state index >= 15 is 0 Å². The van der Waals surface area contributed by atoms with Gasteiger partial charge in [0.15, 0.2) is 0 Å². The van der Waals surface area contributed by atoms with Crippen molar-refractivity contribution in [1.29, 1.82) is 0 Å². The zero-order valence-electron chi connectivity index (χ0n) is 32.6. The number of aliphatic hydroxyl groups excluding tert-OH is 1. The summed E-state index contributed by atoms with van der Waals surface area (Å²) in [5.41, 5.74) is 0. The zero-order chi connectivity index (χ0) is 37.1. The number of unbranched alkanes of at least 4 members (excludes halogenated alkanes) is 24. The molecule has 0 amide bonds. The number of carboxylic acid groups (broad SMARTS) is 3. The summed E-state index contributed by atoms with van der Waals surface area (Å²) in [4.78, 5) is 30.7. The fraction of sp³-hybridized carbons (Fsp3) is 0.881. The topological polar surface area (TPSA) is 132 Å². The van der Waals surface area contributed by atoms with E-state index in [1.807, 2.05) is 0 Å². The molecule has 0 spiro atoms. The molecule has 7 nitrogen and oxygen atoms in total. The van der Waals surface area contributed by atoms with Crippen molar-refractivity contribution in [2.24, 2.45) is 0 Å². The van der Waals surface area contributed by atoms with Crippen LogP contribution in [-0.4, -0.2) is 93.3 Å². The predicted octanol–water partition coefficient (Wildman–Crippen LogP) is 12.1. The fourth-order valence-electron chi connectivity index (χ4n) is 5.54. The second-order valence-corrected chi connectivity index (χ2v) is 13.9. The summed E-state index contributed by atoms with van der Waals surface area (Å²) in [5, 5.41) is 35.1. The molecule has 0 aliphatic carbocycles. The predicted molar refractivity (Wildman–Crippen MR) is 216 cm³/mol. The van der Waals surface area contributed by atoms with Gasteiger partial charge in [-0.1, -0.05) is 181 Å². The average molecular weight is 838 g/mol. The van der Waals surface area contributed by atoms with Gasteiger partial charge in [-0.2, -0.15) is 0 Å². The molecule has 0 radical (unpaired) electrons. The van der Waals surface area contributed by atoms with Gasteiger partial charge in [0.05, 0.1) is 6.10 Å². The Hall–Kier alpha value is -0.319. The Morgan fingerprint density at radius 2 is 0.700 bits per heavy atom. The van der Waals surface area contributed by atoms with Crippen LogP contribution in [0.25, 0.3) is 0 Å². The third-order valence-electron chi connectivity index (χ3n) is 8.72. The van der Waals surface area contributed by atoms with Crippen molar-refractivity contribution in [3.63, 3.8) is 0 Å². The van der Waals surface area contributed by atoms with E-state index in [9.17, 15) is 19.5 Å². The summed E-state index contributed by atoms with van der Waals surface area (Å²) < 4.78 is 0. The first kappa shape index (κ1) is 56.4. The molecule has 50 heavy (non-hydrogen) atoms. The van der Waals surface area contributed by atoms with Gasteiger partial charge >= 0.3 is 66.8 Å². The summed E-state index contributed by atoms with van der Waals surface area (Å²) in [6.07, 6.45) is 40.3. The molecular weight excluding hydrogens is 754 g/mol. The van der Waals surface area contributed by atoms with E-state index in [-0.39, 0.29) is 55.0 Å². The van der Waals surface area contributed by atoms with Gasteiger partial charge in [-0.05, 0) is 44.9 Å². The minimum atomic E-state index is -0.689. The molecule has 0 aromatic heterocycles. The molecule has 0 fully saturated rings.